The van der Waals surface area contributed by atoms with Gasteiger partial charge in [0.05, 0.1) is 17.6 Å². The van der Waals surface area contributed by atoms with Crippen LogP contribution in [0.2, 0.25) is 0 Å². The van der Waals surface area contributed by atoms with Crippen LogP contribution in [-0.4, -0.2) is 70.8 Å². The first kappa shape index (κ1) is 28.2. The lowest BCUT2D eigenvalue weighted by Crippen LogP contribution is -2.48. The first-order valence-electron chi connectivity index (χ1n) is 11.8. The minimum atomic E-state index is -4.75. The van der Waals surface area contributed by atoms with Crippen molar-refractivity contribution in [1.29, 1.82) is 0 Å². The zero-order valence-electron chi connectivity index (χ0n) is 21.4. The molecule has 3 unspecified atom stereocenters. The molecule has 3 N–H and O–H groups in total. The molecule has 39 heavy (non-hydrogen) atoms. The van der Waals surface area contributed by atoms with Gasteiger partial charge in [-0.25, -0.2) is 23.7 Å². The normalized spacial score (nSPS) is 17.3. The fourth-order valence-electron chi connectivity index (χ4n) is 4.45. The van der Waals surface area contributed by atoms with Crippen molar-refractivity contribution in [3.05, 3.63) is 53.9 Å². The number of esters is 1. The number of anilines is 2. The molecule has 208 valence electrons. The van der Waals surface area contributed by atoms with E-state index in [0.29, 0.717) is 16.1 Å². The van der Waals surface area contributed by atoms with Crippen LogP contribution in [0.3, 0.4) is 0 Å². The van der Waals surface area contributed by atoms with E-state index >= 15 is 0 Å². The summed E-state index contributed by atoms with van der Waals surface area (Å²) in [7, 11) is 2.93. The van der Waals surface area contributed by atoms with Crippen molar-refractivity contribution in [3.63, 3.8) is 0 Å². The van der Waals surface area contributed by atoms with E-state index in [9.17, 15) is 27.0 Å². The number of ether oxygens (including phenoxy) is 1. The Morgan fingerprint density at radius 2 is 2.03 bits per heavy atom. The maximum atomic E-state index is 14.0. The molecule has 1 fully saturated rings. The summed E-state index contributed by atoms with van der Waals surface area (Å²) in [6, 6.07) is 4.74. The molecule has 0 saturated carbocycles. The number of nitrogen functional groups attached to an aromatic ring is 1. The Labute approximate surface area is 224 Å². The van der Waals surface area contributed by atoms with Crippen LogP contribution in [0.15, 0.2) is 47.6 Å². The summed E-state index contributed by atoms with van der Waals surface area (Å²) in [5.74, 6) is -0.835. The highest BCUT2D eigenvalue weighted by atomic mass is 32.2. The molecule has 1 aliphatic heterocycles. The third-order valence-corrected chi connectivity index (χ3v) is 7.64. The van der Waals surface area contributed by atoms with Crippen LogP contribution >= 0.6 is 0 Å². The molecule has 3 heterocycles. The monoisotopic (exact) mass is 564 g/mol. The minimum Gasteiger partial charge on any atom is -0.467 e. The number of rotatable bonds is 8. The number of carbonyl (C=O) groups excluding carboxylic acids is 2. The number of hydrogen-bond acceptors (Lipinski definition) is 8. The average molecular weight is 565 g/mol. The number of likely N-dealkylation sites (tertiary alicyclic amines) is 1. The number of pyridine rings is 2. The van der Waals surface area contributed by atoms with Gasteiger partial charge >= 0.3 is 12.1 Å². The van der Waals surface area contributed by atoms with E-state index in [1.165, 1.54) is 29.4 Å². The molecule has 3 atom stereocenters. The van der Waals surface area contributed by atoms with Crippen LogP contribution in [-0.2, 0) is 37.9 Å². The highest BCUT2D eigenvalue weighted by molar-refractivity contribution is 7.83. The second kappa shape index (κ2) is 11.1. The van der Waals surface area contributed by atoms with Gasteiger partial charge in [-0.15, -0.1) is 0 Å². The molecule has 0 radical (unpaired) electrons. The summed E-state index contributed by atoms with van der Waals surface area (Å²) in [5, 5.41) is 0.533. The van der Waals surface area contributed by atoms with E-state index in [0.717, 1.165) is 13.2 Å². The number of nitrogens with zero attached hydrogens (tertiary/aromatic N) is 4. The summed E-state index contributed by atoms with van der Waals surface area (Å²) < 4.78 is 62.5. The number of methoxy groups -OCH3 is 1. The van der Waals surface area contributed by atoms with Gasteiger partial charge in [0.25, 0.3) is 0 Å². The Morgan fingerprint density at radius 1 is 1.28 bits per heavy atom. The zero-order chi connectivity index (χ0) is 28.5. The van der Waals surface area contributed by atoms with E-state index < -0.39 is 53.1 Å². The van der Waals surface area contributed by atoms with Crippen LogP contribution in [0.5, 0.6) is 0 Å². The quantitative estimate of drug-likeness (QED) is 0.399. The standard InChI is InChI=1S/C25H27F3N6O4S/c1-33(2)21-5-4-16(13-31-21)39(37)32-19-7-9-34(23(19)35)20(24(36)38-3)11-15-10-14-6-8-30-22(29)17(14)12-18(15)25(26,27)28/h4-6,8,10,12-13,19-20,32H,7,9,11H2,1-3H3,(H2,29,30). The minimum absolute atomic E-state index is 0.0527. The number of hydrogen-bond donors (Lipinski definition) is 2. The fraction of sp³-hybridized carbons (Fsp3) is 0.360. The number of fused-ring (bicyclic) bond motifs is 1. The molecule has 4 rings (SSSR count). The van der Waals surface area contributed by atoms with Crippen molar-refractivity contribution in [2.45, 2.75) is 36.0 Å². The first-order chi connectivity index (χ1) is 18.4. The van der Waals surface area contributed by atoms with Gasteiger partial charge in [0.2, 0.25) is 5.91 Å². The Hall–Kier alpha value is -3.78. The van der Waals surface area contributed by atoms with Gasteiger partial charge in [-0.2, -0.15) is 13.2 Å². The average Bonchev–Trinajstić information content (AvgIpc) is 3.25. The molecule has 3 aromatic rings. The van der Waals surface area contributed by atoms with E-state index in [2.05, 4.69) is 14.7 Å². The molecule has 14 heteroatoms. The SMILES string of the molecule is COC(=O)C(Cc1cc2ccnc(N)c2cc1C(F)(F)F)N1CCC(NS(=O)c2ccc(N(C)C)nc2)C1=O. The number of aromatic nitrogens is 2. The molecule has 0 spiro atoms. The number of alkyl halides is 3. The van der Waals surface area contributed by atoms with Gasteiger partial charge in [-0.05, 0) is 41.6 Å². The van der Waals surface area contributed by atoms with Gasteiger partial charge in [0.15, 0.2) is 0 Å². The van der Waals surface area contributed by atoms with Crippen molar-refractivity contribution in [2.24, 2.45) is 0 Å². The molecule has 10 nitrogen and oxygen atoms in total. The first-order valence-corrected chi connectivity index (χ1v) is 13.0. The highest BCUT2D eigenvalue weighted by Gasteiger charge is 2.42. The van der Waals surface area contributed by atoms with Crippen molar-refractivity contribution in [3.8, 4) is 0 Å². The molecule has 2 aromatic heterocycles. The van der Waals surface area contributed by atoms with Gasteiger partial charge in [0, 0.05) is 44.8 Å². The smallest absolute Gasteiger partial charge is 0.416 e. The predicted octanol–water partition coefficient (Wildman–Crippen LogP) is 2.29. The Bertz CT molecular complexity index is 1420. The van der Waals surface area contributed by atoms with Crippen LogP contribution in [0.4, 0.5) is 24.8 Å². The summed E-state index contributed by atoms with van der Waals surface area (Å²) in [4.78, 5) is 37.3. The molecular weight excluding hydrogens is 537 g/mol. The van der Waals surface area contributed by atoms with E-state index in [1.54, 1.807) is 17.0 Å². The maximum absolute atomic E-state index is 14.0. The topological polar surface area (TPSA) is 131 Å². The third-order valence-electron chi connectivity index (χ3n) is 6.47. The van der Waals surface area contributed by atoms with Crippen LogP contribution < -0.4 is 15.4 Å². The second-order valence-electron chi connectivity index (χ2n) is 9.17. The summed E-state index contributed by atoms with van der Waals surface area (Å²) in [6.07, 6.45) is -2.22. The number of halogens is 3. The van der Waals surface area contributed by atoms with Gasteiger partial charge < -0.3 is 20.3 Å². The second-order valence-corrected chi connectivity index (χ2v) is 10.4. The molecule has 0 aliphatic carbocycles. The number of amides is 1. The van der Waals surface area contributed by atoms with E-state index in [1.807, 2.05) is 14.1 Å². The lowest BCUT2D eigenvalue weighted by Gasteiger charge is -2.27. The molecule has 1 aliphatic rings. The molecule has 1 amide bonds. The lowest BCUT2D eigenvalue weighted by atomic mass is 9.95. The number of benzene rings is 1. The lowest BCUT2D eigenvalue weighted by molar-refractivity contribution is -0.151. The van der Waals surface area contributed by atoms with Crippen LogP contribution in [0.1, 0.15) is 17.5 Å². The van der Waals surface area contributed by atoms with Crippen molar-refractivity contribution in [1.82, 2.24) is 19.6 Å². The number of nitrogens with two attached hydrogens (primary N) is 1. The maximum Gasteiger partial charge on any atom is 0.416 e. The summed E-state index contributed by atoms with van der Waals surface area (Å²) in [6.45, 7) is 0.0527. The van der Waals surface area contributed by atoms with E-state index in [-0.39, 0.29) is 29.7 Å². The zero-order valence-corrected chi connectivity index (χ0v) is 22.2. The van der Waals surface area contributed by atoms with Crippen molar-refractivity contribution < 1.29 is 31.7 Å². The van der Waals surface area contributed by atoms with Gasteiger partial charge in [-0.3, -0.25) is 4.79 Å². The molecule has 0 bridgehead atoms. The predicted molar refractivity (Wildman–Crippen MR) is 139 cm³/mol. The highest BCUT2D eigenvalue weighted by Crippen LogP contribution is 2.37. The number of carbonyl (C=O) groups is 2. The Morgan fingerprint density at radius 3 is 2.64 bits per heavy atom. The van der Waals surface area contributed by atoms with Gasteiger partial charge in [-0.1, -0.05) is 6.07 Å². The Balaban J connectivity index is 1.59. The summed E-state index contributed by atoms with van der Waals surface area (Å²) in [5.41, 5.74) is 4.60. The molecular formula is C25H27F3N6O4S. The third kappa shape index (κ3) is 5.96. The van der Waals surface area contributed by atoms with Crippen LogP contribution in [0.25, 0.3) is 10.8 Å². The van der Waals surface area contributed by atoms with Crippen molar-refractivity contribution >= 4 is 45.3 Å². The van der Waals surface area contributed by atoms with Gasteiger partial charge in [0.1, 0.15) is 34.7 Å². The summed E-state index contributed by atoms with van der Waals surface area (Å²) >= 11 is 0. The Kier molecular flexibility index (Phi) is 8.07. The van der Waals surface area contributed by atoms with E-state index in [4.69, 9.17) is 10.5 Å². The largest absolute Gasteiger partial charge is 0.467 e. The molecule has 1 aromatic carbocycles. The molecule has 1 saturated heterocycles. The fourth-order valence-corrected chi connectivity index (χ4v) is 5.41. The van der Waals surface area contributed by atoms with Crippen LogP contribution in [0, 0.1) is 0 Å². The number of nitrogens with one attached hydrogen (secondary N) is 1. The van der Waals surface area contributed by atoms with Crippen molar-refractivity contribution in [2.75, 3.05) is 38.4 Å².